The summed E-state index contributed by atoms with van der Waals surface area (Å²) in [6.07, 6.45) is 1.03. The first-order chi connectivity index (χ1) is 8.70. The third kappa shape index (κ3) is 5.35. The molecule has 2 nitrogen and oxygen atoms in total. The molecule has 1 unspecified atom stereocenters. The van der Waals surface area contributed by atoms with Crippen LogP contribution in [0.25, 0.3) is 0 Å². The maximum Gasteiger partial charge on any atom is 0.251 e. The summed E-state index contributed by atoms with van der Waals surface area (Å²) in [5.74, 6) is 0.0135. The molecule has 0 bridgehead atoms. The zero-order valence-electron chi connectivity index (χ0n) is 12.5. The lowest BCUT2D eigenvalue weighted by Crippen LogP contribution is -2.31. The van der Waals surface area contributed by atoms with Crippen LogP contribution >= 0.6 is 15.9 Å². The monoisotopic (exact) mass is 325 g/mol. The van der Waals surface area contributed by atoms with E-state index in [1.54, 1.807) is 0 Å². The van der Waals surface area contributed by atoms with Crippen molar-refractivity contribution in [1.29, 1.82) is 0 Å². The molecule has 0 saturated carbocycles. The van der Waals surface area contributed by atoms with Gasteiger partial charge in [0, 0.05) is 16.9 Å². The zero-order chi connectivity index (χ0) is 14.6. The number of rotatable bonds is 4. The standard InChI is InChI=1S/C16H24BrNO/c1-11-7-6-8-14(12(11)2)15(19)18-10-13(17)9-16(3,4)5/h6-8,13H,9-10H2,1-5H3,(H,18,19). The van der Waals surface area contributed by atoms with Gasteiger partial charge in [0.15, 0.2) is 0 Å². The molecular weight excluding hydrogens is 302 g/mol. The van der Waals surface area contributed by atoms with Crippen molar-refractivity contribution >= 4 is 21.8 Å². The Bertz CT molecular complexity index is 449. The highest BCUT2D eigenvalue weighted by atomic mass is 79.9. The van der Waals surface area contributed by atoms with Gasteiger partial charge in [-0.1, -0.05) is 48.8 Å². The quantitative estimate of drug-likeness (QED) is 0.824. The molecule has 3 heteroatoms. The van der Waals surface area contributed by atoms with Gasteiger partial charge in [-0.15, -0.1) is 0 Å². The van der Waals surface area contributed by atoms with E-state index < -0.39 is 0 Å². The minimum atomic E-state index is 0.0135. The molecule has 0 spiro atoms. The molecule has 0 heterocycles. The fourth-order valence-corrected chi connectivity index (χ4v) is 3.17. The van der Waals surface area contributed by atoms with Gasteiger partial charge in [0.25, 0.3) is 5.91 Å². The smallest absolute Gasteiger partial charge is 0.251 e. The number of halogens is 1. The normalized spacial score (nSPS) is 13.2. The number of amides is 1. The van der Waals surface area contributed by atoms with Crippen LogP contribution in [0.4, 0.5) is 0 Å². The lowest BCUT2D eigenvalue weighted by atomic mass is 9.90. The molecule has 0 radical (unpaired) electrons. The minimum Gasteiger partial charge on any atom is -0.351 e. The predicted octanol–water partition coefficient (Wildman–Crippen LogP) is 4.23. The fraction of sp³-hybridized carbons (Fsp3) is 0.562. The Morgan fingerprint density at radius 3 is 2.53 bits per heavy atom. The van der Waals surface area contributed by atoms with Gasteiger partial charge >= 0.3 is 0 Å². The van der Waals surface area contributed by atoms with Gasteiger partial charge in [-0.25, -0.2) is 0 Å². The zero-order valence-corrected chi connectivity index (χ0v) is 14.1. The van der Waals surface area contributed by atoms with E-state index in [9.17, 15) is 4.79 Å². The average molecular weight is 326 g/mol. The molecule has 1 N–H and O–H groups in total. The highest BCUT2D eigenvalue weighted by Crippen LogP contribution is 2.24. The van der Waals surface area contributed by atoms with Gasteiger partial charge < -0.3 is 5.32 Å². The summed E-state index contributed by atoms with van der Waals surface area (Å²) in [6.45, 7) is 11.3. The van der Waals surface area contributed by atoms with Crippen LogP contribution in [0.3, 0.4) is 0 Å². The van der Waals surface area contributed by atoms with E-state index in [0.29, 0.717) is 11.4 Å². The summed E-state index contributed by atoms with van der Waals surface area (Å²) < 4.78 is 0. The first-order valence-electron chi connectivity index (χ1n) is 6.69. The van der Waals surface area contributed by atoms with Crippen LogP contribution in [0.1, 0.15) is 48.7 Å². The topological polar surface area (TPSA) is 29.1 Å². The lowest BCUT2D eigenvalue weighted by molar-refractivity contribution is 0.0952. The van der Waals surface area contributed by atoms with Crippen LogP contribution < -0.4 is 5.32 Å². The number of hydrogen-bond acceptors (Lipinski definition) is 1. The molecule has 0 fully saturated rings. The number of benzene rings is 1. The van der Waals surface area contributed by atoms with Crippen molar-refractivity contribution in [3.8, 4) is 0 Å². The Kier molecular flexibility index (Phi) is 5.60. The van der Waals surface area contributed by atoms with Crippen LogP contribution in [0, 0.1) is 19.3 Å². The van der Waals surface area contributed by atoms with Crippen molar-refractivity contribution in [3.05, 3.63) is 34.9 Å². The number of aryl methyl sites for hydroxylation is 1. The second kappa shape index (κ2) is 6.56. The van der Waals surface area contributed by atoms with E-state index in [-0.39, 0.29) is 11.3 Å². The Balaban J connectivity index is 2.59. The Morgan fingerprint density at radius 2 is 1.95 bits per heavy atom. The molecule has 1 aromatic rings. The summed E-state index contributed by atoms with van der Waals surface area (Å²) >= 11 is 3.63. The summed E-state index contributed by atoms with van der Waals surface area (Å²) in [5, 5.41) is 3.00. The molecule has 19 heavy (non-hydrogen) atoms. The number of carbonyl (C=O) groups is 1. The number of carbonyl (C=O) groups excluding carboxylic acids is 1. The van der Waals surface area contributed by atoms with Crippen molar-refractivity contribution < 1.29 is 4.79 Å². The molecule has 0 aliphatic carbocycles. The molecular formula is C16H24BrNO. The number of hydrogen-bond donors (Lipinski definition) is 1. The van der Waals surface area contributed by atoms with Crippen molar-refractivity contribution in [1.82, 2.24) is 5.32 Å². The van der Waals surface area contributed by atoms with E-state index in [2.05, 4.69) is 42.0 Å². The summed E-state index contributed by atoms with van der Waals surface area (Å²) in [4.78, 5) is 12.5. The summed E-state index contributed by atoms with van der Waals surface area (Å²) in [7, 11) is 0. The first-order valence-corrected chi connectivity index (χ1v) is 7.61. The van der Waals surface area contributed by atoms with Crippen molar-refractivity contribution in [3.63, 3.8) is 0 Å². The van der Waals surface area contributed by atoms with Gasteiger partial charge in [-0.05, 0) is 42.9 Å². The van der Waals surface area contributed by atoms with E-state index in [0.717, 1.165) is 23.1 Å². The fourth-order valence-electron chi connectivity index (χ4n) is 2.03. The van der Waals surface area contributed by atoms with Gasteiger partial charge in [0.1, 0.15) is 0 Å². The molecule has 1 rings (SSSR count). The predicted molar refractivity (Wildman–Crippen MR) is 85.0 cm³/mol. The van der Waals surface area contributed by atoms with Crippen LogP contribution in [0.15, 0.2) is 18.2 Å². The average Bonchev–Trinajstić information content (AvgIpc) is 2.27. The van der Waals surface area contributed by atoms with Crippen LogP contribution in [0.2, 0.25) is 0 Å². The van der Waals surface area contributed by atoms with E-state index in [4.69, 9.17) is 0 Å². The molecule has 0 aromatic heterocycles. The highest BCUT2D eigenvalue weighted by molar-refractivity contribution is 9.09. The third-order valence-corrected chi connectivity index (χ3v) is 3.81. The third-order valence-electron chi connectivity index (χ3n) is 3.17. The summed E-state index contributed by atoms with van der Waals surface area (Å²) in [5.41, 5.74) is 3.24. The maximum atomic E-state index is 12.2. The van der Waals surface area contributed by atoms with E-state index in [1.807, 2.05) is 32.0 Å². The Morgan fingerprint density at radius 1 is 1.32 bits per heavy atom. The highest BCUT2D eigenvalue weighted by Gasteiger charge is 2.17. The molecule has 0 saturated heterocycles. The molecule has 0 aliphatic heterocycles. The van der Waals surface area contributed by atoms with Crippen molar-refractivity contribution in [2.75, 3.05) is 6.54 Å². The van der Waals surface area contributed by atoms with Gasteiger partial charge in [-0.3, -0.25) is 4.79 Å². The van der Waals surface area contributed by atoms with Gasteiger partial charge in [0.05, 0.1) is 0 Å². The van der Waals surface area contributed by atoms with E-state index >= 15 is 0 Å². The first kappa shape index (κ1) is 16.2. The number of alkyl halides is 1. The van der Waals surface area contributed by atoms with Crippen molar-refractivity contribution in [2.24, 2.45) is 5.41 Å². The molecule has 1 atom stereocenters. The molecule has 1 amide bonds. The molecule has 106 valence electrons. The molecule has 1 aromatic carbocycles. The van der Waals surface area contributed by atoms with Crippen LogP contribution in [0.5, 0.6) is 0 Å². The maximum absolute atomic E-state index is 12.2. The van der Waals surface area contributed by atoms with Gasteiger partial charge in [-0.2, -0.15) is 0 Å². The summed E-state index contributed by atoms with van der Waals surface area (Å²) in [6, 6.07) is 5.84. The Hall–Kier alpha value is -0.830. The largest absolute Gasteiger partial charge is 0.351 e. The second-order valence-corrected chi connectivity index (χ2v) is 7.61. The lowest BCUT2D eigenvalue weighted by Gasteiger charge is -2.22. The Labute approximate surface area is 125 Å². The number of nitrogens with one attached hydrogen (secondary N) is 1. The SMILES string of the molecule is Cc1cccc(C(=O)NCC(Br)CC(C)(C)C)c1C. The van der Waals surface area contributed by atoms with Crippen LogP contribution in [-0.2, 0) is 0 Å². The minimum absolute atomic E-state index is 0.0135. The second-order valence-electron chi connectivity index (χ2n) is 6.32. The van der Waals surface area contributed by atoms with E-state index in [1.165, 1.54) is 0 Å². The van der Waals surface area contributed by atoms with Crippen LogP contribution in [-0.4, -0.2) is 17.3 Å². The molecule has 0 aliphatic rings. The van der Waals surface area contributed by atoms with Gasteiger partial charge in [0.2, 0.25) is 0 Å². The van der Waals surface area contributed by atoms with Crippen molar-refractivity contribution in [2.45, 2.75) is 45.9 Å².